The van der Waals surface area contributed by atoms with Crippen LogP contribution in [-0.2, 0) is 0 Å². The summed E-state index contributed by atoms with van der Waals surface area (Å²) in [7, 11) is 3.20. The first-order valence-electron chi connectivity index (χ1n) is 9.22. The molecule has 0 saturated heterocycles. The number of fused-ring (bicyclic) bond motifs is 1. The number of hydrazone groups is 1. The molecule has 0 aliphatic rings. The summed E-state index contributed by atoms with van der Waals surface area (Å²) in [6.07, 6.45) is 1.69. The molecule has 30 heavy (non-hydrogen) atoms. The number of nitrogens with one attached hydrogen (secondary N) is 1. The SMILES string of the molecule is COc1ccc(/C=N\Nc2nc(-c3ccccc3Cl)nc3ccccc23)cc1OC. The molecule has 0 radical (unpaired) electrons. The van der Waals surface area contributed by atoms with Crippen molar-refractivity contribution in [3.63, 3.8) is 0 Å². The first-order chi connectivity index (χ1) is 14.7. The minimum absolute atomic E-state index is 0.531. The average molecular weight is 419 g/mol. The van der Waals surface area contributed by atoms with E-state index in [-0.39, 0.29) is 0 Å². The molecule has 0 bridgehead atoms. The molecule has 4 aromatic rings. The normalized spacial score (nSPS) is 11.0. The van der Waals surface area contributed by atoms with Gasteiger partial charge in [-0.1, -0.05) is 35.9 Å². The molecule has 0 atom stereocenters. The second-order valence-electron chi connectivity index (χ2n) is 6.38. The number of hydrogen-bond donors (Lipinski definition) is 1. The highest BCUT2D eigenvalue weighted by molar-refractivity contribution is 6.33. The van der Waals surface area contributed by atoms with Crippen LogP contribution in [0, 0.1) is 0 Å². The molecule has 0 unspecified atom stereocenters. The molecule has 0 amide bonds. The maximum absolute atomic E-state index is 6.35. The van der Waals surface area contributed by atoms with Gasteiger partial charge in [-0.3, -0.25) is 5.43 Å². The zero-order valence-corrected chi connectivity index (χ0v) is 17.2. The van der Waals surface area contributed by atoms with Crippen LogP contribution in [0.15, 0.2) is 71.8 Å². The summed E-state index contributed by atoms with van der Waals surface area (Å²) in [5, 5.41) is 5.80. The second-order valence-corrected chi connectivity index (χ2v) is 6.78. The van der Waals surface area contributed by atoms with Crippen molar-refractivity contribution in [3.8, 4) is 22.9 Å². The van der Waals surface area contributed by atoms with E-state index in [0.717, 1.165) is 22.0 Å². The number of rotatable bonds is 6. The summed E-state index contributed by atoms with van der Waals surface area (Å²) in [6.45, 7) is 0. The number of anilines is 1. The Hall–Kier alpha value is -3.64. The van der Waals surface area contributed by atoms with Crippen LogP contribution in [0.25, 0.3) is 22.3 Å². The van der Waals surface area contributed by atoms with Crippen molar-refractivity contribution < 1.29 is 9.47 Å². The van der Waals surface area contributed by atoms with Gasteiger partial charge in [0.15, 0.2) is 23.1 Å². The molecular weight excluding hydrogens is 400 g/mol. The quantitative estimate of drug-likeness (QED) is 0.335. The van der Waals surface area contributed by atoms with E-state index in [0.29, 0.717) is 28.2 Å². The van der Waals surface area contributed by atoms with Gasteiger partial charge < -0.3 is 9.47 Å². The van der Waals surface area contributed by atoms with Gasteiger partial charge in [0, 0.05) is 10.9 Å². The Bertz CT molecular complexity index is 1230. The molecule has 0 aliphatic carbocycles. The molecular formula is C23H19ClN4O2. The lowest BCUT2D eigenvalue weighted by Crippen LogP contribution is -2.00. The molecule has 0 saturated carbocycles. The van der Waals surface area contributed by atoms with Crippen LogP contribution in [0.2, 0.25) is 5.02 Å². The highest BCUT2D eigenvalue weighted by atomic mass is 35.5. The van der Waals surface area contributed by atoms with Gasteiger partial charge in [0.05, 0.1) is 31.0 Å². The molecule has 1 N–H and O–H groups in total. The van der Waals surface area contributed by atoms with Crippen molar-refractivity contribution in [1.82, 2.24) is 9.97 Å². The van der Waals surface area contributed by atoms with Crippen molar-refractivity contribution >= 4 is 34.5 Å². The van der Waals surface area contributed by atoms with Crippen LogP contribution in [0.1, 0.15) is 5.56 Å². The lowest BCUT2D eigenvalue weighted by Gasteiger charge is -2.09. The van der Waals surface area contributed by atoms with Crippen molar-refractivity contribution in [2.75, 3.05) is 19.6 Å². The number of nitrogens with zero attached hydrogens (tertiary/aromatic N) is 3. The van der Waals surface area contributed by atoms with Crippen LogP contribution in [-0.4, -0.2) is 30.4 Å². The first kappa shape index (κ1) is 19.7. The Kier molecular flexibility index (Phi) is 5.77. The van der Waals surface area contributed by atoms with Gasteiger partial charge in [0.25, 0.3) is 0 Å². The van der Waals surface area contributed by atoms with Gasteiger partial charge >= 0.3 is 0 Å². The fourth-order valence-electron chi connectivity index (χ4n) is 3.03. The van der Waals surface area contributed by atoms with Gasteiger partial charge in [0.1, 0.15) is 0 Å². The lowest BCUT2D eigenvalue weighted by molar-refractivity contribution is 0.355. The van der Waals surface area contributed by atoms with E-state index in [2.05, 4.69) is 20.5 Å². The molecule has 3 aromatic carbocycles. The van der Waals surface area contributed by atoms with E-state index in [1.54, 1.807) is 20.4 Å². The third-order valence-electron chi connectivity index (χ3n) is 4.51. The number of benzene rings is 3. The number of aromatic nitrogens is 2. The smallest absolute Gasteiger partial charge is 0.163 e. The monoisotopic (exact) mass is 418 g/mol. The molecule has 0 spiro atoms. The van der Waals surface area contributed by atoms with Crippen molar-refractivity contribution in [2.24, 2.45) is 5.10 Å². The van der Waals surface area contributed by atoms with Gasteiger partial charge in [-0.15, -0.1) is 0 Å². The van der Waals surface area contributed by atoms with Crippen molar-refractivity contribution in [2.45, 2.75) is 0 Å². The topological polar surface area (TPSA) is 68.6 Å². The van der Waals surface area contributed by atoms with E-state index in [1.165, 1.54) is 0 Å². The van der Waals surface area contributed by atoms with E-state index >= 15 is 0 Å². The maximum atomic E-state index is 6.35. The Labute approximate surface area is 179 Å². The standard InChI is InChI=1S/C23H19ClN4O2/c1-29-20-12-11-15(13-21(20)30-2)14-25-28-23-17-8-4-6-10-19(17)26-22(27-23)16-7-3-5-9-18(16)24/h3-14H,1-2H3,(H,26,27,28)/b25-14-. The highest BCUT2D eigenvalue weighted by Crippen LogP contribution is 2.29. The molecule has 1 heterocycles. The minimum atomic E-state index is 0.531. The molecule has 7 heteroatoms. The van der Waals surface area contributed by atoms with E-state index < -0.39 is 0 Å². The third-order valence-corrected chi connectivity index (χ3v) is 4.84. The maximum Gasteiger partial charge on any atom is 0.163 e. The van der Waals surface area contributed by atoms with Crippen LogP contribution in [0.5, 0.6) is 11.5 Å². The fraction of sp³-hybridized carbons (Fsp3) is 0.0870. The Morgan fingerprint density at radius 1 is 0.900 bits per heavy atom. The van der Waals surface area contributed by atoms with Crippen LogP contribution in [0.3, 0.4) is 0 Å². The number of methoxy groups -OCH3 is 2. The zero-order chi connectivity index (χ0) is 20.9. The summed E-state index contributed by atoms with van der Waals surface area (Å²) in [5.41, 5.74) is 5.45. The highest BCUT2D eigenvalue weighted by Gasteiger charge is 2.11. The zero-order valence-electron chi connectivity index (χ0n) is 16.5. The third kappa shape index (κ3) is 4.04. The molecule has 4 rings (SSSR count). The average Bonchev–Trinajstić information content (AvgIpc) is 2.79. The van der Waals surface area contributed by atoms with Crippen LogP contribution >= 0.6 is 11.6 Å². The van der Waals surface area contributed by atoms with E-state index in [4.69, 9.17) is 21.1 Å². The van der Waals surface area contributed by atoms with Gasteiger partial charge in [0.2, 0.25) is 0 Å². The van der Waals surface area contributed by atoms with Crippen LogP contribution in [0.4, 0.5) is 5.82 Å². The second kappa shape index (κ2) is 8.80. The molecule has 0 aliphatic heterocycles. The van der Waals surface area contributed by atoms with Gasteiger partial charge in [-0.25, -0.2) is 9.97 Å². The predicted molar refractivity (Wildman–Crippen MR) is 121 cm³/mol. The number of halogens is 1. The molecule has 1 aromatic heterocycles. The number of para-hydroxylation sites is 1. The van der Waals surface area contributed by atoms with Gasteiger partial charge in [-0.05, 0) is 48.0 Å². The Balaban J connectivity index is 1.68. The number of ether oxygens (including phenoxy) is 2. The Morgan fingerprint density at radius 2 is 1.67 bits per heavy atom. The summed E-state index contributed by atoms with van der Waals surface area (Å²) >= 11 is 6.35. The molecule has 6 nitrogen and oxygen atoms in total. The van der Waals surface area contributed by atoms with E-state index in [1.807, 2.05) is 66.7 Å². The van der Waals surface area contributed by atoms with Crippen LogP contribution < -0.4 is 14.9 Å². The minimum Gasteiger partial charge on any atom is -0.493 e. The lowest BCUT2D eigenvalue weighted by atomic mass is 10.2. The fourth-order valence-corrected chi connectivity index (χ4v) is 3.25. The van der Waals surface area contributed by atoms with E-state index in [9.17, 15) is 0 Å². The van der Waals surface area contributed by atoms with Crippen molar-refractivity contribution in [3.05, 3.63) is 77.3 Å². The predicted octanol–water partition coefficient (Wildman–Crippen LogP) is 5.41. The largest absolute Gasteiger partial charge is 0.493 e. The summed E-state index contributed by atoms with van der Waals surface area (Å²) < 4.78 is 10.6. The number of hydrogen-bond acceptors (Lipinski definition) is 6. The van der Waals surface area contributed by atoms with Crippen molar-refractivity contribution in [1.29, 1.82) is 0 Å². The van der Waals surface area contributed by atoms with Gasteiger partial charge in [-0.2, -0.15) is 5.10 Å². The molecule has 150 valence electrons. The molecule has 0 fully saturated rings. The summed E-state index contributed by atoms with van der Waals surface area (Å²) in [6, 6.07) is 20.8. The summed E-state index contributed by atoms with van der Waals surface area (Å²) in [4.78, 5) is 9.32. The first-order valence-corrected chi connectivity index (χ1v) is 9.60. The summed E-state index contributed by atoms with van der Waals surface area (Å²) in [5.74, 6) is 2.42. The Morgan fingerprint density at radius 3 is 2.47 bits per heavy atom.